The van der Waals surface area contributed by atoms with E-state index < -0.39 is 23.7 Å². The van der Waals surface area contributed by atoms with Gasteiger partial charge in [0.25, 0.3) is 0 Å². The van der Waals surface area contributed by atoms with Crippen LogP contribution < -0.4 is 5.76 Å². The lowest BCUT2D eigenvalue weighted by atomic mass is 10.1. The summed E-state index contributed by atoms with van der Waals surface area (Å²) in [6.45, 7) is 2.27. The monoisotopic (exact) mass is 307 g/mol. The minimum atomic E-state index is -4.23. The summed E-state index contributed by atoms with van der Waals surface area (Å²) >= 11 is 5.97. The van der Waals surface area contributed by atoms with Crippen LogP contribution in [-0.4, -0.2) is 10.7 Å². The molecule has 0 saturated heterocycles. The second-order valence-corrected chi connectivity index (χ2v) is 4.99. The van der Waals surface area contributed by atoms with E-state index >= 15 is 0 Å². The lowest BCUT2D eigenvalue weighted by molar-refractivity contribution is -0.135. The van der Waals surface area contributed by atoms with Crippen LogP contribution in [0.1, 0.15) is 30.7 Å². The van der Waals surface area contributed by atoms with E-state index in [1.165, 1.54) is 10.6 Å². The topological polar surface area (TPSA) is 35.1 Å². The standard InChI is InChI=1S/C13H13ClF3NO2/c1-2-18-10-4-3-8(7-11(10)20-12(18)19)9(14)5-6-13(15,16)17/h3-4,7,9H,2,5-6H2,1H3. The highest BCUT2D eigenvalue weighted by Crippen LogP contribution is 2.32. The molecule has 2 aromatic rings. The smallest absolute Gasteiger partial charge is 0.408 e. The molecule has 0 fully saturated rings. The molecule has 0 aliphatic heterocycles. The van der Waals surface area contributed by atoms with Gasteiger partial charge in [-0.2, -0.15) is 13.2 Å². The first kappa shape index (κ1) is 15.0. The fourth-order valence-electron chi connectivity index (χ4n) is 2.03. The second-order valence-electron chi connectivity index (χ2n) is 4.46. The summed E-state index contributed by atoms with van der Waals surface area (Å²) < 4.78 is 43.0. The third-order valence-corrected chi connectivity index (χ3v) is 3.52. The predicted octanol–water partition coefficient (Wildman–Crippen LogP) is 4.24. The number of benzene rings is 1. The van der Waals surface area contributed by atoms with Gasteiger partial charge in [-0.15, -0.1) is 11.6 Å². The molecule has 0 aliphatic rings. The Morgan fingerprint density at radius 2 is 2.10 bits per heavy atom. The van der Waals surface area contributed by atoms with Crippen LogP contribution in [0.3, 0.4) is 0 Å². The van der Waals surface area contributed by atoms with Crippen molar-refractivity contribution in [2.45, 2.75) is 37.9 Å². The van der Waals surface area contributed by atoms with Crippen LogP contribution in [0, 0.1) is 0 Å². The van der Waals surface area contributed by atoms with Crippen molar-refractivity contribution >= 4 is 22.7 Å². The van der Waals surface area contributed by atoms with Crippen LogP contribution in [0.15, 0.2) is 27.4 Å². The van der Waals surface area contributed by atoms with E-state index in [9.17, 15) is 18.0 Å². The van der Waals surface area contributed by atoms with Gasteiger partial charge in [0.15, 0.2) is 5.58 Å². The molecule has 0 bridgehead atoms. The molecule has 0 amide bonds. The van der Waals surface area contributed by atoms with Gasteiger partial charge in [-0.1, -0.05) is 6.07 Å². The fourth-order valence-corrected chi connectivity index (χ4v) is 2.28. The third-order valence-electron chi connectivity index (χ3n) is 3.05. The van der Waals surface area contributed by atoms with Crippen LogP contribution in [0.2, 0.25) is 0 Å². The average Bonchev–Trinajstić information content (AvgIpc) is 2.69. The van der Waals surface area contributed by atoms with Gasteiger partial charge >= 0.3 is 11.9 Å². The normalized spacial score (nSPS) is 13.8. The quantitative estimate of drug-likeness (QED) is 0.792. The first-order valence-corrected chi connectivity index (χ1v) is 6.59. The zero-order valence-electron chi connectivity index (χ0n) is 10.7. The van der Waals surface area contributed by atoms with Crippen LogP contribution in [0.5, 0.6) is 0 Å². The summed E-state index contributed by atoms with van der Waals surface area (Å²) in [6, 6.07) is 4.79. The van der Waals surface area contributed by atoms with E-state index in [0.717, 1.165) is 0 Å². The molecule has 20 heavy (non-hydrogen) atoms. The van der Waals surface area contributed by atoms with Gasteiger partial charge in [0.05, 0.1) is 10.9 Å². The molecule has 1 atom stereocenters. The number of nitrogens with zero attached hydrogens (tertiary/aromatic N) is 1. The summed E-state index contributed by atoms with van der Waals surface area (Å²) in [4.78, 5) is 11.5. The first-order valence-electron chi connectivity index (χ1n) is 6.16. The third kappa shape index (κ3) is 3.17. The second kappa shape index (κ2) is 5.52. The molecule has 1 aromatic carbocycles. The number of aromatic nitrogens is 1. The van der Waals surface area contributed by atoms with E-state index in [2.05, 4.69) is 0 Å². The molecular weight excluding hydrogens is 295 g/mol. The van der Waals surface area contributed by atoms with Gasteiger partial charge < -0.3 is 4.42 Å². The van der Waals surface area contributed by atoms with Crippen molar-refractivity contribution in [2.75, 3.05) is 0 Å². The molecule has 1 heterocycles. The molecule has 0 spiro atoms. The summed E-state index contributed by atoms with van der Waals surface area (Å²) in [6.07, 6.45) is -5.39. The van der Waals surface area contributed by atoms with Crippen molar-refractivity contribution in [3.63, 3.8) is 0 Å². The fraction of sp³-hybridized carbons (Fsp3) is 0.462. The molecule has 110 valence electrons. The highest BCUT2D eigenvalue weighted by Gasteiger charge is 2.28. The van der Waals surface area contributed by atoms with Crippen molar-refractivity contribution in [1.82, 2.24) is 4.57 Å². The maximum Gasteiger partial charge on any atom is 0.419 e. The molecule has 1 unspecified atom stereocenters. The Morgan fingerprint density at radius 3 is 2.70 bits per heavy atom. The van der Waals surface area contributed by atoms with E-state index in [4.69, 9.17) is 16.0 Å². The predicted molar refractivity (Wildman–Crippen MR) is 70.0 cm³/mol. The van der Waals surface area contributed by atoms with Crippen LogP contribution in [-0.2, 0) is 6.54 Å². The number of fused-ring (bicyclic) bond motifs is 1. The average molecular weight is 308 g/mol. The molecule has 0 N–H and O–H groups in total. The first-order chi connectivity index (χ1) is 9.31. The lowest BCUT2D eigenvalue weighted by Gasteiger charge is -2.11. The van der Waals surface area contributed by atoms with Crippen molar-refractivity contribution in [1.29, 1.82) is 0 Å². The molecule has 0 aliphatic carbocycles. The van der Waals surface area contributed by atoms with Gasteiger partial charge in [0.2, 0.25) is 0 Å². The van der Waals surface area contributed by atoms with Crippen molar-refractivity contribution in [2.24, 2.45) is 0 Å². The Hall–Kier alpha value is -1.43. The van der Waals surface area contributed by atoms with Gasteiger partial charge in [0, 0.05) is 13.0 Å². The highest BCUT2D eigenvalue weighted by molar-refractivity contribution is 6.20. The van der Waals surface area contributed by atoms with Gasteiger partial charge in [-0.3, -0.25) is 4.57 Å². The molecule has 1 aromatic heterocycles. The largest absolute Gasteiger partial charge is 0.419 e. The van der Waals surface area contributed by atoms with Crippen LogP contribution >= 0.6 is 11.6 Å². The number of hydrogen-bond acceptors (Lipinski definition) is 2. The Labute approximate surface area is 117 Å². The van der Waals surface area contributed by atoms with Crippen LogP contribution in [0.25, 0.3) is 11.1 Å². The molecule has 2 rings (SSSR count). The SMILES string of the molecule is CCn1c(=O)oc2cc(C(Cl)CCC(F)(F)F)ccc21. The van der Waals surface area contributed by atoms with E-state index in [1.54, 1.807) is 19.1 Å². The summed E-state index contributed by atoms with van der Waals surface area (Å²) in [7, 11) is 0. The summed E-state index contributed by atoms with van der Waals surface area (Å²) in [5, 5.41) is -0.767. The summed E-state index contributed by atoms with van der Waals surface area (Å²) in [5.74, 6) is -0.485. The van der Waals surface area contributed by atoms with Crippen molar-refractivity contribution in [3.05, 3.63) is 34.3 Å². The van der Waals surface area contributed by atoms with Crippen molar-refractivity contribution < 1.29 is 17.6 Å². The molecule has 0 radical (unpaired) electrons. The van der Waals surface area contributed by atoms with E-state index in [0.29, 0.717) is 23.2 Å². The minimum Gasteiger partial charge on any atom is -0.408 e. The molecule has 0 saturated carbocycles. The molecule has 3 nitrogen and oxygen atoms in total. The number of aryl methyl sites for hydroxylation is 1. The Bertz CT molecular complexity index is 660. The maximum atomic E-state index is 12.2. The summed E-state index contributed by atoms with van der Waals surface area (Å²) in [5.41, 5.74) is 1.47. The molecule has 7 heteroatoms. The Morgan fingerprint density at radius 1 is 1.40 bits per heavy atom. The van der Waals surface area contributed by atoms with Gasteiger partial charge in [-0.05, 0) is 31.0 Å². The van der Waals surface area contributed by atoms with Crippen LogP contribution in [0.4, 0.5) is 13.2 Å². The highest BCUT2D eigenvalue weighted by atomic mass is 35.5. The maximum absolute atomic E-state index is 12.2. The zero-order chi connectivity index (χ0) is 14.9. The van der Waals surface area contributed by atoms with E-state index in [1.807, 2.05) is 0 Å². The minimum absolute atomic E-state index is 0.213. The van der Waals surface area contributed by atoms with Gasteiger partial charge in [0.1, 0.15) is 0 Å². The van der Waals surface area contributed by atoms with Gasteiger partial charge in [-0.25, -0.2) is 4.79 Å². The number of hydrogen-bond donors (Lipinski definition) is 0. The Kier molecular flexibility index (Phi) is 4.13. The van der Waals surface area contributed by atoms with Crippen molar-refractivity contribution in [3.8, 4) is 0 Å². The van der Waals surface area contributed by atoms with E-state index in [-0.39, 0.29) is 6.42 Å². The molecular formula is C13H13ClF3NO2. The number of oxazole rings is 1. The number of alkyl halides is 4. The number of rotatable bonds is 4. The lowest BCUT2D eigenvalue weighted by Crippen LogP contribution is -2.11. The number of halogens is 4. The Balaban J connectivity index is 2.26. The zero-order valence-corrected chi connectivity index (χ0v) is 11.5.